The predicted molar refractivity (Wildman–Crippen MR) is 46.2 cm³/mol. The number of hydrogen-bond donors (Lipinski definition) is 0. The molecule has 3 heteroatoms. The van der Waals surface area contributed by atoms with Gasteiger partial charge in [0.15, 0.2) is 5.78 Å². The van der Waals surface area contributed by atoms with Crippen LogP contribution in [0.4, 0.5) is 0 Å². The number of ether oxygens (including phenoxy) is 1. The Labute approximate surface area is 76.8 Å². The van der Waals surface area contributed by atoms with E-state index in [0.29, 0.717) is 12.5 Å². The summed E-state index contributed by atoms with van der Waals surface area (Å²) in [6.45, 7) is 0.807. The molecule has 0 bridgehead atoms. The van der Waals surface area contributed by atoms with Crippen molar-refractivity contribution in [3.63, 3.8) is 0 Å². The first-order chi connectivity index (χ1) is 6.31. The van der Waals surface area contributed by atoms with Crippen molar-refractivity contribution in [1.82, 2.24) is 0 Å². The average Bonchev–Trinajstić information content (AvgIpc) is 2.71. The van der Waals surface area contributed by atoms with Crippen LogP contribution < -0.4 is 0 Å². The van der Waals surface area contributed by atoms with Gasteiger partial charge in [-0.25, -0.2) is 0 Å². The standard InChI is InChI=1S/C10H12O3/c11-4-7-1-2-8(3-7)9-5-13-6-10(9)12/h1,4,8-9H,2-3,5-6H2. The predicted octanol–water partition coefficient (Wildman–Crippen LogP) is 0.737. The fraction of sp³-hybridized carbons (Fsp3) is 0.600. The molecule has 13 heavy (non-hydrogen) atoms. The molecule has 0 saturated carbocycles. The largest absolute Gasteiger partial charge is 0.373 e. The summed E-state index contributed by atoms with van der Waals surface area (Å²) in [5, 5.41) is 0. The molecule has 0 N–H and O–H groups in total. The molecule has 0 aromatic carbocycles. The van der Waals surface area contributed by atoms with E-state index in [-0.39, 0.29) is 18.3 Å². The minimum absolute atomic E-state index is 0.0358. The molecule has 3 nitrogen and oxygen atoms in total. The van der Waals surface area contributed by atoms with Crippen LogP contribution in [0.2, 0.25) is 0 Å². The SMILES string of the molecule is O=CC1=CCC(C2COCC2=O)C1. The lowest BCUT2D eigenvalue weighted by Crippen LogP contribution is -2.20. The highest BCUT2D eigenvalue weighted by Gasteiger charge is 2.34. The van der Waals surface area contributed by atoms with E-state index < -0.39 is 0 Å². The zero-order chi connectivity index (χ0) is 9.26. The van der Waals surface area contributed by atoms with Crippen LogP contribution >= 0.6 is 0 Å². The number of hydrogen-bond acceptors (Lipinski definition) is 3. The van der Waals surface area contributed by atoms with E-state index in [1.54, 1.807) is 0 Å². The fourth-order valence-corrected chi connectivity index (χ4v) is 2.06. The Balaban J connectivity index is 1.97. The van der Waals surface area contributed by atoms with Gasteiger partial charge in [-0.3, -0.25) is 9.59 Å². The summed E-state index contributed by atoms with van der Waals surface area (Å²) < 4.78 is 5.09. The van der Waals surface area contributed by atoms with Gasteiger partial charge in [0, 0.05) is 5.92 Å². The quantitative estimate of drug-likeness (QED) is 0.588. The second kappa shape index (κ2) is 3.42. The second-order valence-corrected chi connectivity index (χ2v) is 3.68. The van der Waals surface area contributed by atoms with Crippen LogP contribution in [-0.2, 0) is 14.3 Å². The van der Waals surface area contributed by atoms with Gasteiger partial charge < -0.3 is 4.74 Å². The third kappa shape index (κ3) is 1.56. The van der Waals surface area contributed by atoms with Crippen LogP contribution in [0.15, 0.2) is 11.6 Å². The highest BCUT2D eigenvalue weighted by Crippen LogP contribution is 2.32. The van der Waals surface area contributed by atoms with Gasteiger partial charge in [-0.15, -0.1) is 0 Å². The molecule has 1 saturated heterocycles. The number of aldehydes is 1. The summed E-state index contributed by atoms with van der Waals surface area (Å²) in [6, 6.07) is 0. The topological polar surface area (TPSA) is 43.4 Å². The number of Topliss-reactive ketones (excluding diaryl/α,β-unsaturated/α-hetero) is 1. The lowest BCUT2D eigenvalue weighted by Gasteiger charge is -2.14. The molecule has 2 rings (SSSR count). The zero-order valence-electron chi connectivity index (χ0n) is 7.36. The molecular formula is C10H12O3. The lowest BCUT2D eigenvalue weighted by molar-refractivity contribution is -0.121. The summed E-state index contributed by atoms with van der Waals surface area (Å²) in [7, 11) is 0. The van der Waals surface area contributed by atoms with Crippen molar-refractivity contribution in [3.8, 4) is 0 Å². The van der Waals surface area contributed by atoms with E-state index in [4.69, 9.17) is 4.74 Å². The maximum Gasteiger partial charge on any atom is 0.164 e. The summed E-state index contributed by atoms with van der Waals surface area (Å²) in [5.41, 5.74) is 0.838. The van der Waals surface area contributed by atoms with Crippen molar-refractivity contribution in [3.05, 3.63) is 11.6 Å². The minimum Gasteiger partial charge on any atom is -0.373 e. The Hall–Kier alpha value is -0.960. The number of carbonyl (C=O) groups excluding carboxylic acids is 2. The minimum atomic E-state index is 0.0358. The third-order valence-electron chi connectivity index (χ3n) is 2.86. The molecule has 0 aromatic heterocycles. The fourth-order valence-electron chi connectivity index (χ4n) is 2.06. The molecule has 2 unspecified atom stereocenters. The zero-order valence-corrected chi connectivity index (χ0v) is 7.36. The molecule has 0 aromatic rings. The molecule has 1 aliphatic carbocycles. The summed E-state index contributed by atoms with van der Waals surface area (Å²) >= 11 is 0. The van der Waals surface area contributed by atoms with Gasteiger partial charge in [-0.2, -0.15) is 0 Å². The van der Waals surface area contributed by atoms with Gasteiger partial charge in [0.1, 0.15) is 12.9 Å². The number of ketones is 1. The van der Waals surface area contributed by atoms with Crippen molar-refractivity contribution in [2.24, 2.45) is 11.8 Å². The molecule has 1 aliphatic heterocycles. The molecule has 1 fully saturated rings. The van der Waals surface area contributed by atoms with Crippen LogP contribution in [0.3, 0.4) is 0 Å². The summed E-state index contributed by atoms with van der Waals surface area (Å²) in [6.07, 6.45) is 4.43. The van der Waals surface area contributed by atoms with Gasteiger partial charge in [-0.1, -0.05) is 6.08 Å². The van der Waals surface area contributed by atoms with Crippen LogP contribution in [0.5, 0.6) is 0 Å². The molecule has 0 radical (unpaired) electrons. The van der Waals surface area contributed by atoms with E-state index >= 15 is 0 Å². The van der Waals surface area contributed by atoms with Gasteiger partial charge in [0.25, 0.3) is 0 Å². The van der Waals surface area contributed by atoms with Crippen LogP contribution in [-0.4, -0.2) is 25.3 Å². The molecule has 0 spiro atoms. The third-order valence-corrected chi connectivity index (χ3v) is 2.86. The van der Waals surface area contributed by atoms with Crippen molar-refractivity contribution in [2.75, 3.05) is 13.2 Å². The lowest BCUT2D eigenvalue weighted by atomic mass is 9.88. The Morgan fingerprint density at radius 3 is 2.92 bits per heavy atom. The maximum atomic E-state index is 11.3. The first kappa shape index (κ1) is 8.63. The van der Waals surface area contributed by atoms with E-state index in [2.05, 4.69) is 0 Å². The molecule has 70 valence electrons. The van der Waals surface area contributed by atoms with Crippen molar-refractivity contribution < 1.29 is 14.3 Å². The first-order valence-electron chi connectivity index (χ1n) is 4.56. The van der Waals surface area contributed by atoms with Gasteiger partial charge in [0.2, 0.25) is 0 Å². The Morgan fingerprint density at radius 2 is 2.38 bits per heavy atom. The number of allylic oxidation sites excluding steroid dienone is 2. The van der Waals surface area contributed by atoms with Crippen LogP contribution in [0.25, 0.3) is 0 Å². The van der Waals surface area contributed by atoms with E-state index in [0.717, 1.165) is 24.7 Å². The Kier molecular flexibility index (Phi) is 2.27. The average molecular weight is 180 g/mol. The summed E-state index contributed by atoms with van der Waals surface area (Å²) in [4.78, 5) is 21.8. The van der Waals surface area contributed by atoms with Crippen LogP contribution in [0, 0.1) is 11.8 Å². The van der Waals surface area contributed by atoms with Crippen molar-refractivity contribution in [2.45, 2.75) is 12.8 Å². The number of rotatable bonds is 2. The molecule has 2 aliphatic rings. The maximum absolute atomic E-state index is 11.3. The van der Waals surface area contributed by atoms with Gasteiger partial charge in [0.05, 0.1) is 6.61 Å². The highest BCUT2D eigenvalue weighted by atomic mass is 16.5. The monoisotopic (exact) mass is 180 g/mol. The van der Waals surface area contributed by atoms with Crippen molar-refractivity contribution >= 4 is 12.1 Å². The molecule has 0 amide bonds. The van der Waals surface area contributed by atoms with Crippen molar-refractivity contribution in [1.29, 1.82) is 0 Å². The van der Waals surface area contributed by atoms with Gasteiger partial charge >= 0.3 is 0 Å². The Bertz CT molecular complexity index is 267. The van der Waals surface area contributed by atoms with Gasteiger partial charge in [-0.05, 0) is 24.3 Å². The van der Waals surface area contributed by atoms with E-state index in [9.17, 15) is 9.59 Å². The first-order valence-corrected chi connectivity index (χ1v) is 4.56. The highest BCUT2D eigenvalue weighted by molar-refractivity contribution is 5.84. The number of carbonyl (C=O) groups is 2. The second-order valence-electron chi connectivity index (χ2n) is 3.68. The smallest absolute Gasteiger partial charge is 0.164 e. The molecular weight excluding hydrogens is 168 g/mol. The molecule has 2 atom stereocenters. The normalized spacial score (nSPS) is 33.5. The Morgan fingerprint density at radius 1 is 1.54 bits per heavy atom. The van der Waals surface area contributed by atoms with E-state index in [1.807, 2.05) is 6.08 Å². The van der Waals surface area contributed by atoms with Crippen LogP contribution in [0.1, 0.15) is 12.8 Å². The van der Waals surface area contributed by atoms with E-state index in [1.165, 1.54) is 0 Å². The summed E-state index contributed by atoms with van der Waals surface area (Å²) in [5.74, 6) is 0.550. The molecule has 1 heterocycles.